The van der Waals surface area contributed by atoms with Crippen LogP contribution in [0, 0.1) is 0 Å². The van der Waals surface area contributed by atoms with E-state index in [4.69, 9.17) is 22.1 Å². The fourth-order valence-corrected chi connectivity index (χ4v) is 5.66. The van der Waals surface area contributed by atoms with Crippen molar-refractivity contribution in [1.29, 1.82) is 0 Å². The Bertz CT molecular complexity index is 2970. The Balaban J connectivity index is -0.000000167. The first-order valence-electron chi connectivity index (χ1n) is 28.2. The van der Waals surface area contributed by atoms with Crippen LogP contribution >= 0.6 is 0 Å². The monoisotopic (exact) mass is 1330 g/mol. The summed E-state index contributed by atoms with van der Waals surface area (Å²) in [5, 5.41) is 13.1. The van der Waals surface area contributed by atoms with Crippen LogP contribution in [0.3, 0.4) is 0 Å². The van der Waals surface area contributed by atoms with Crippen LogP contribution in [0.2, 0.25) is 0 Å². The van der Waals surface area contributed by atoms with Crippen LogP contribution in [0.1, 0.15) is 83.1 Å². The Morgan fingerprint density at radius 3 is 0.337 bits per heavy atom. The second kappa shape index (κ2) is 59.7. The number of hydrogen-bond donors (Lipinski definition) is 2. The van der Waals surface area contributed by atoms with Gasteiger partial charge in [-0.05, 0) is 53.9 Å². The number of benzene rings is 10. The third-order valence-electron chi connectivity index (χ3n) is 8.60. The molecule has 0 aliphatic carbocycles. The summed E-state index contributed by atoms with van der Waals surface area (Å²) in [6.45, 7) is 24.0. The van der Waals surface area contributed by atoms with E-state index in [9.17, 15) is 33.7 Å². The predicted octanol–water partition coefficient (Wildman–Crippen LogP) is 14.8. The minimum absolute atomic E-state index is 0. The normalized spacial score (nSPS) is 9.42. The van der Waals surface area contributed by atoms with Crippen LogP contribution < -0.4 is 29.6 Å². The Morgan fingerprint density at radius 1 is 0.258 bits per heavy atom. The third-order valence-corrected chi connectivity index (χ3v) is 9.20. The van der Waals surface area contributed by atoms with E-state index in [-0.39, 0.29) is 29.6 Å². The van der Waals surface area contributed by atoms with Crippen molar-refractivity contribution in [2.45, 2.75) is 83.1 Å². The smallest absolute Gasteiger partial charge is 0.748 e. The van der Waals surface area contributed by atoms with Crippen molar-refractivity contribution in [2.24, 2.45) is 0 Å². The Hall–Kier alpha value is -5.91. The summed E-state index contributed by atoms with van der Waals surface area (Å²) in [5.41, 5.74) is 0. The molecule has 20 heteroatoms. The largest absolute Gasteiger partial charge is 1.00 e. The van der Waals surface area contributed by atoms with Gasteiger partial charge in [0.1, 0.15) is 9.84 Å². The van der Waals surface area contributed by atoms with E-state index in [1.807, 2.05) is 83.1 Å². The Labute approximate surface area is 559 Å². The van der Waals surface area contributed by atoms with E-state index in [0.717, 1.165) is 25.9 Å². The van der Waals surface area contributed by atoms with Crippen LogP contribution in [0.4, 0.5) is 0 Å². The average Bonchev–Trinajstić information content (AvgIpc) is 3.67. The van der Waals surface area contributed by atoms with E-state index in [1.165, 1.54) is 53.9 Å². The molecule has 0 bridgehead atoms. The zero-order valence-corrected chi connectivity index (χ0v) is 62.0. The van der Waals surface area contributed by atoms with E-state index in [1.54, 1.807) is 0 Å². The van der Waals surface area contributed by atoms with Crippen molar-refractivity contribution in [2.75, 3.05) is 44.6 Å². The van der Waals surface area contributed by atoms with Gasteiger partial charge in [0.25, 0.3) is 30.4 Å². The molecule has 0 spiro atoms. The standard InChI is InChI=1S/5C10H8.C2H6O3S.C2H6O2S.6C2H6.3CH4O3S.Na/c5*1-2-6-10-8-4-3-7-9(10)5-1;1-5-6(2,3)4;1-5(2,3)4;6*1-2;3*1-5(2,3)4;/h5*1-8H;1-2H3;1-2H3;6*1-2H3;3*1H3,(H,2,3,4);/q;;;;;;;;;;;;;;;;+1/p-1. The molecular weight excluding hydrogens is 1240 g/mol. The molecule has 10 aromatic rings. The topological polar surface area (TPSA) is 243 Å². The first-order valence-corrected chi connectivity index (χ1v) is 37.9. The molecular formula is C69H99NaO14S5. The zero-order valence-electron chi connectivity index (χ0n) is 55.9. The van der Waals surface area contributed by atoms with Crippen molar-refractivity contribution in [3.8, 4) is 0 Å². The number of sulfone groups is 1. The van der Waals surface area contributed by atoms with Crippen molar-refractivity contribution < 1.29 is 89.5 Å². The molecule has 0 saturated heterocycles. The average molecular weight is 1340 g/mol. The minimum Gasteiger partial charge on any atom is -0.748 e. The Morgan fingerprint density at radius 2 is 0.303 bits per heavy atom. The molecule has 0 amide bonds. The molecule has 0 unspecified atom stereocenters. The van der Waals surface area contributed by atoms with Gasteiger partial charge in [0, 0.05) is 18.8 Å². The molecule has 10 aromatic carbocycles. The first kappa shape index (κ1) is 96.7. The molecule has 490 valence electrons. The van der Waals surface area contributed by atoms with Gasteiger partial charge < -0.3 is 4.55 Å². The number of rotatable bonds is 1. The molecule has 0 aliphatic rings. The van der Waals surface area contributed by atoms with Crippen LogP contribution in [0.25, 0.3) is 53.9 Å². The molecule has 0 heterocycles. The van der Waals surface area contributed by atoms with Crippen molar-refractivity contribution in [3.63, 3.8) is 0 Å². The maximum absolute atomic E-state index is 9.78. The summed E-state index contributed by atoms with van der Waals surface area (Å²) in [4.78, 5) is 0. The van der Waals surface area contributed by atoms with Crippen molar-refractivity contribution in [1.82, 2.24) is 0 Å². The van der Waals surface area contributed by atoms with Gasteiger partial charge in [-0.15, -0.1) is 0 Å². The van der Waals surface area contributed by atoms with Gasteiger partial charge in [-0.2, -0.15) is 25.3 Å². The summed E-state index contributed by atoms with van der Waals surface area (Å²) in [5.74, 6) is 0. The number of hydrogen-bond acceptors (Lipinski definition) is 12. The molecule has 0 atom stereocenters. The molecule has 14 nitrogen and oxygen atoms in total. The summed E-state index contributed by atoms with van der Waals surface area (Å²) in [6, 6.07) is 83.6. The van der Waals surface area contributed by atoms with Gasteiger partial charge in [-0.1, -0.05) is 326 Å². The minimum atomic E-state index is -3.92. The summed E-state index contributed by atoms with van der Waals surface area (Å²) >= 11 is 0. The molecule has 0 aliphatic heterocycles. The fraction of sp³-hybridized carbons (Fsp3) is 0.275. The van der Waals surface area contributed by atoms with Gasteiger partial charge >= 0.3 is 29.6 Å². The molecule has 0 radical (unpaired) electrons. The molecule has 0 fully saturated rings. The molecule has 0 aromatic heterocycles. The predicted molar refractivity (Wildman–Crippen MR) is 381 cm³/mol. The second-order valence-electron chi connectivity index (χ2n) is 15.9. The van der Waals surface area contributed by atoms with Crippen LogP contribution in [0.5, 0.6) is 0 Å². The summed E-state index contributed by atoms with van der Waals surface area (Å²) < 4.78 is 122. The van der Waals surface area contributed by atoms with Crippen molar-refractivity contribution in [3.05, 3.63) is 243 Å². The second-order valence-corrected chi connectivity index (χ2v) is 24.3. The maximum Gasteiger partial charge on any atom is 1.00 e. The van der Waals surface area contributed by atoms with E-state index in [2.05, 4.69) is 247 Å². The zero-order chi connectivity index (χ0) is 69.3. The van der Waals surface area contributed by atoms with Gasteiger partial charge in [-0.3, -0.25) is 13.3 Å². The SMILES string of the molecule is CC.CC.CC.CC.CC.CC.COS(C)(=O)=O.CS(=O)(=O)O.CS(=O)(=O)O.CS(=O)(=O)[O-].CS(C)(=O)=O.[Na+].c1ccc2ccccc2c1.c1ccc2ccccc2c1.c1ccc2ccccc2c1.c1ccc2ccccc2c1.c1ccc2ccccc2c1. The van der Waals surface area contributed by atoms with E-state index in [0.29, 0.717) is 18.8 Å². The van der Waals surface area contributed by atoms with Gasteiger partial charge in [0.2, 0.25) is 0 Å². The molecule has 0 saturated carbocycles. The summed E-state index contributed by atoms with van der Waals surface area (Å²) in [6.07, 6.45) is 5.35. The molecule has 2 N–H and O–H groups in total. The van der Waals surface area contributed by atoms with Crippen LogP contribution in [0.15, 0.2) is 243 Å². The first-order chi connectivity index (χ1) is 41.4. The third kappa shape index (κ3) is 69.4. The van der Waals surface area contributed by atoms with Gasteiger partial charge in [-0.25, -0.2) is 16.8 Å². The molecule has 10 rings (SSSR count). The maximum atomic E-state index is 9.78. The van der Waals surface area contributed by atoms with Crippen LogP contribution in [-0.2, 0) is 54.5 Å². The van der Waals surface area contributed by atoms with Crippen LogP contribution in [-0.4, -0.2) is 100 Å². The van der Waals surface area contributed by atoms with E-state index >= 15 is 0 Å². The van der Waals surface area contributed by atoms with Gasteiger partial charge in [0.05, 0.1) is 36.0 Å². The van der Waals surface area contributed by atoms with Gasteiger partial charge in [0.15, 0.2) is 0 Å². The van der Waals surface area contributed by atoms with E-state index < -0.39 is 50.3 Å². The summed E-state index contributed by atoms with van der Waals surface area (Å²) in [7, 11) is -16.0. The number of fused-ring (bicyclic) bond motifs is 5. The fourth-order valence-electron chi connectivity index (χ4n) is 5.66. The quantitative estimate of drug-likeness (QED) is 0.0882. The molecule has 89 heavy (non-hydrogen) atoms. The Kier molecular flexibility index (Phi) is 64.9. The van der Waals surface area contributed by atoms with Crippen molar-refractivity contribution >= 4 is 104 Å².